The van der Waals surface area contributed by atoms with Gasteiger partial charge in [-0.25, -0.2) is 0 Å². The van der Waals surface area contributed by atoms with Gasteiger partial charge < -0.3 is 14.0 Å². The maximum Gasteiger partial charge on any atom is 0.286 e. The van der Waals surface area contributed by atoms with E-state index < -0.39 is 4.92 Å². The summed E-state index contributed by atoms with van der Waals surface area (Å²) in [7, 11) is 1.58. The zero-order valence-electron chi connectivity index (χ0n) is 12.3. The van der Waals surface area contributed by atoms with E-state index in [1.165, 1.54) is 16.8 Å². The number of aromatic nitrogens is 1. The SMILES string of the molecule is COc1ccc(OCCn2cc([N+](=O)[O-])cc(C)c2=O)cc1. The number of methoxy groups -OCH3 is 1. The van der Waals surface area contributed by atoms with Gasteiger partial charge in [-0.1, -0.05) is 0 Å². The first-order chi connectivity index (χ1) is 10.5. The van der Waals surface area contributed by atoms with Crippen LogP contribution in [0.15, 0.2) is 41.3 Å². The summed E-state index contributed by atoms with van der Waals surface area (Å²) in [4.78, 5) is 22.2. The molecule has 0 spiro atoms. The Labute approximate surface area is 126 Å². The van der Waals surface area contributed by atoms with Gasteiger partial charge in [0.15, 0.2) is 0 Å². The molecule has 1 aromatic heterocycles. The second kappa shape index (κ2) is 6.75. The number of aryl methyl sites for hydroxylation is 1. The minimum atomic E-state index is -0.521. The highest BCUT2D eigenvalue weighted by Gasteiger charge is 2.11. The molecule has 0 aliphatic rings. The molecule has 1 aromatic carbocycles. The maximum absolute atomic E-state index is 11.9. The second-order valence-electron chi connectivity index (χ2n) is 4.66. The molecular formula is C15H16N2O5. The lowest BCUT2D eigenvalue weighted by molar-refractivity contribution is -0.385. The van der Waals surface area contributed by atoms with Crippen molar-refractivity contribution in [3.05, 3.63) is 62.6 Å². The summed E-state index contributed by atoms with van der Waals surface area (Å²) in [5.74, 6) is 1.36. The molecule has 22 heavy (non-hydrogen) atoms. The van der Waals surface area contributed by atoms with Crippen LogP contribution in [0.25, 0.3) is 0 Å². The zero-order chi connectivity index (χ0) is 16.1. The van der Waals surface area contributed by atoms with Gasteiger partial charge in [-0.3, -0.25) is 14.9 Å². The summed E-state index contributed by atoms with van der Waals surface area (Å²) in [5.41, 5.74) is -0.0378. The molecule has 0 N–H and O–H groups in total. The molecule has 7 nitrogen and oxygen atoms in total. The van der Waals surface area contributed by atoms with E-state index in [4.69, 9.17) is 9.47 Å². The lowest BCUT2D eigenvalue weighted by atomic mass is 10.3. The number of nitrogens with zero attached hydrogens (tertiary/aromatic N) is 2. The predicted molar refractivity (Wildman–Crippen MR) is 80.6 cm³/mol. The van der Waals surface area contributed by atoms with Gasteiger partial charge in [-0.2, -0.15) is 0 Å². The molecule has 0 radical (unpaired) electrons. The standard InChI is InChI=1S/C15H16N2O5/c1-11-9-12(17(19)20)10-16(15(11)18)7-8-22-14-5-3-13(21-2)4-6-14/h3-6,9-10H,7-8H2,1-2H3. The molecule has 0 aliphatic carbocycles. The number of ether oxygens (including phenoxy) is 2. The van der Waals surface area contributed by atoms with Gasteiger partial charge in [0.25, 0.3) is 11.2 Å². The van der Waals surface area contributed by atoms with E-state index in [9.17, 15) is 14.9 Å². The Kier molecular flexibility index (Phi) is 4.77. The average molecular weight is 304 g/mol. The highest BCUT2D eigenvalue weighted by atomic mass is 16.6. The first-order valence-corrected chi connectivity index (χ1v) is 6.63. The predicted octanol–water partition coefficient (Wildman–Crippen LogP) is 2.15. The van der Waals surface area contributed by atoms with Gasteiger partial charge >= 0.3 is 0 Å². The highest BCUT2D eigenvalue weighted by Crippen LogP contribution is 2.17. The van der Waals surface area contributed by atoms with Crippen LogP contribution in [-0.2, 0) is 6.54 Å². The van der Waals surface area contributed by atoms with Crippen LogP contribution in [-0.4, -0.2) is 23.2 Å². The van der Waals surface area contributed by atoms with Gasteiger partial charge in [0.1, 0.15) is 18.1 Å². The number of benzene rings is 1. The third-order valence-electron chi connectivity index (χ3n) is 3.12. The Balaban J connectivity index is 2.04. The van der Waals surface area contributed by atoms with Crippen molar-refractivity contribution in [3.8, 4) is 11.5 Å². The van der Waals surface area contributed by atoms with Crippen LogP contribution in [0.2, 0.25) is 0 Å². The normalized spacial score (nSPS) is 10.3. The molecule has 0 fully saturated rings. The van der Waals surface area contributed by atoms with E-state index in [1.807, 2.05) is 0 Å². The lowest BCUT2D eigenvalue weighted by Crippen LogP contribution is -2.24. The number of nitro groups is 1. The second-order valence-corrected chi connectivity index (χ2v) is 4.66. The topological polar surface area (TPSA) is 83.6 Å². The van der Waals surface area contributed by atoms with E-state index in [-0.39, 0.29) is 24.4 Å². The largest absolute Gasteiger partial charge is 0.497 e. The fourth-order valence-corrected chi connectivity index (χ4v) is 1.97. The minimum Gasteiger partial charge on any atom is -0.497 e. The molecule has 2 aromatic rings. The quantitative estimate of drug-likeness (QED) is 0.603. The average Bonchev–Trinajstić information content (AvgIpc) is 2.51. The molecular weight excluding hydrogens is 288 g/mol. The first-order valence-electron chi connectivity index (χ1n) is 6.63. The molecule has 2 rings (SSSR count). The van der Waals surface area contributed by atoms with Crippen molar-refractivity contribution in [1.29, 1.82) is 0 Å². The Hall–Kier alpha value is -2.83. The summed E-state index contributed by atoms with van der Waals surface area (Å²) in [5, 5.41) is 10.8. The van der Waals surface area contributed by atoms with Crippen molar-refractivity contribution in [2.24, 2.45) is 0 Å². The smallest absolute Gasteiger partial charge is 0.286 e. The number of pyridine rings is 1. The first kappa shape index (κ1) is 15.6. The summed E-state index contributed by atoms with van der Waals surface area (Å²) in [6, 6.07) is 8.29. The lowest BCUT2D eigenvalue weighted by Gasteiger charge is -2.09. The zero-order valence-corrected chi connectivity index (χ0v) is 12.3. The van der Waals surface area contributed by atoms with Gasteiger partial charge in [-0.15, -0.1) is 0 Å². The highest BCUT2D eigenvalue weighted by molar-refractivity contribution is 5.31. The van der Waals surface area contributed by atoms with Crippen molar-refractivity contribution in [2.45, 2.75) is 13.5 Å². The van der Waals surface area contributed by atoms with Crippen LogP contribution >= 0.6 is 0 Å². The summed E-state index contributed by atoms with van der Waals surface area (Å²) in [6.07, 6.45) is 1.23. The fraction of sp³-hybridized carbons (Fsp3) is 0.267. The van der Waals surface area contributed by atoms with Crippen LogP contribution in [0.5, 0.6) is 11.5 Å². The molecule has 0 bridgehead atoms. The Morgan fingerprint density at radius 3 is 2.45 bits per heavy atom. The Morgan fingerprint density at radius 2 is 1.86 bits per heavy atom. The van der Waals surface area contributed by atoms with Crippen LogP contribution in [0.4, 0.5) is 5.69 Å². The molecule has 0 atom stereocenters. The number of hydrogen-bond donors (Lipinski definition) is 0. The van der Waals surface area contributed by atoms with E-state index in [0.29, 0.717) is 11.3 Å². The van der Waals surface area contributed by atoms with Gasteiger partial charge in [0, 0.05) is 11.6 Å². The summed E-state index contributed by atoms with van der Waals surface area (Å²) in [6.45, 7) is 2.01. The van der Waals surface area contributed by atoms with Gasteiger partial charge in [0.2, 0.25) is 0 Å². The number of rotatable bonds is 6. The van der Waals surface area contributed by atoms with Crippen LogP contribution in [0, 0.1) is 17.0 Å². The molecule has 0 amide bonds. The van der Waals surface area contributed by atoms with Crippen LogP contribution in [0.3, 0.4) is 0 Å². The fourth-order valence-electron chi connectivity index (χ4n) is 1.97. The Morgan fingerprint density at radius 1 is 1.23 bits per heavy atom. The van der Waals surface area contributed by atoms with E-state index >= 15 is 0 Å². The number of hydrogen-bond acceptors (Lipinski definition) is 5. The Bertz CT molecular complexity index is 722. The van der Waals surface area contributed by atoms with Crippen molar-refractivity contribution in [2.75, 3.05) is 13.7 Å². The molecule has 7 heteroatoms. The van der Waals surface area contributed by atoms with Gasteiger partial charge in [0.05, 0.1) is 24.8 Å². The van der Waals surface area contributed by atoms with Gasteiger partial charge in [-0.05, 0) is 31.2 Å². The van der Waals surface area contributed by atoms with E-state index in [0.717, 1.165) is 5.75 Å². The summed E-state index contributed by atoms with van der Waals surface area (Å²) < 4.78 is 11.9. The third-order valence-corrected chi connectivity index (χ3v) is 3.12. The molecule has 0 aliphatic heterocycles. The molecule has 0 saturated carbocycles. The van der Waals surface area contributed by atoms with Crippen molar-refractivity contribution < 1.29 is 14.4 Å². The molecule has 0 saturated heterocycles. The van der Waals surface area contributed by atoms with E-state index in [1.54, 1.807) is 38.3 Å². The summed E-state index contributed by atoms with van der Waals surface area (Å²) >= 11 is 0. The van der Waals surface area contributed by atoms with Crippen molar-refractivity contribution in [1.82, 2.24) is 4.57 Å². The molecule has 116 valence electrons. The molecule has 1 heterocycles. The third kappa shape index (κ3) is 3.63. The van der Waals surface area contributed by atoms with Crippen molar-refractivity contribution in [3.63, 3.8) is 0 Å². The monoisotopic (exact) mass is 304 g/mol. The van der Waals surface area contributed by atoms with E-state index in [2.05, 4.69) is 0 Å². The van der Waals surface area contributed by atoms with Crippen LogP contribution in [0.1, 0.15) is 5.56 Å². The van der Waals surface area contributed by atoms with Crippen LogP contribution < -0.4 is 15.0 Å². The molecule has 0 unspecified atom stereocenters. The maximum atomic E-state index is 11.9. The minimum absolute atomic E-state index is 0.110. The van der Waals surface area contributed by atoms with Crippen molar-refractivity contribution >= 4 is 5.69 Å².